The summed E-state index contributed by atoms with van der Waals surface area (Å²) in [5, 5.41) is 0.617. The number of rotatable bonds is 1. The Kier molecular flexibility index (Phi) is 2.03. The van der Waals surface area contributed by atoms with Gasteiger partial charge in [0.2, 0.25) is 0 Å². The van der Waals surface area contributed by atoms with Crippen LogP contribution in [0.5, 0.6) is 0 Å². The van der Waals surface area contributed by atoms with Crippen LogP contribution in [0.25, 0.3) is 11.0 Å². The molecule has 0 bridgehead atoms. The molecular weight excluding hydrogens is 188 g/mol. The molecule has 0 aliphatic rings. The summed E-state index contributed by atoms with van der Waals surface area (Å²) in [6.07, 6.45) is 3.07. The van der Waals surface area contributed by atoms with Gasteiger partial charge >= 0.3 is 0 Å². The van der Waals surface area contributed by atoms with E-state index in [0.29, 0.717) is 15.9 Å². The maximum atomic E-state index is 10.9. The monoisotopic (exact) mass is 194 g/mol. The number of hydrogen-bond donors (Lipinski definition) is 1. The van der Waals surface area contributed by atoms with Crippen LogP contribution in [0.15, 0.2) is 35.5 Å². The minimum absolute atomic E-state index is 0.345. The van der Waals surface area contributed by atoms with Crippen molar-refractivity contribution in [3.63, 3.8) is 0 Å². The molecule has 0 saturated heterocycles. The largest absolute Gasteiger partial charge is 0.302 e. The Hall–Kier alpha value is -1.33. The predicted molar refractivity (Wildman–Crippen MR) is 48.6 cm³/mol. The number of fused-ring (bicyclic) bond motifs is 1. The average molecular weight is 194 g/mol. The minimum Gasteiger partial charge on any atom is -0.302 e. The van der Waals surface area contributed by atoms with Crippen molar-refractivity contribution in [2.24, 2.45) is 0 Å². The van der Waals surface area contributed by atoms with Crippen molar-refractivity contribution in [1.29, 1.82) is 0 Å². The highest BCUT2D eigenvalue weighted by Gasteiger charge is 2.05. The zero-order chi connectivity index (χ0) is 9.26. The minimum atomic E-state index is -1.98. The molecule has 0 fully saturated rings. The molecule has 0 spiro atoms. The van der Waals surface area contributed by atoms with Crippen LogP contribution in [0, 0.1) is 0 Å². The third kappa shape index (κ3) is 1.43. The maximum Gasteiger partial charge on any atom is 0.187 e. The Morgan fingerprint density at radius 1 is 1.23 bits per heavy atom. The van der Waals surface area contributed by atoms with E-state index in [1.54, 1.807) is 18.3 Å². The summed E-state index contributed by atoms with van der Waals surface area (Å²) >= 11 is -1.98. The van der Waals surface area contributed by atoms with Crippen molar-refractivity contribution in [3.8, 4) is 0 Å². The van der Waals surface area contributed by atoms with Gasteiger partial charge in [0, 0.05) is 17.8 Å². The highest BCUT2D eigenvalue weighted by Crippen LogP contribution is 2.16. The van der Waals surface area contributed by atoms with Crippen LogP contribution >= 0.6 is 0 Å². The summed E-state index contributed by atoms with van der Waals surface area (Å²) in [5.74, 6) is 0. The zero-order valence-corrected chi connectivity index (χ0v) is 7.36. The van der Waals surface area contributed by atoms with Crippen molar-refractivity contribution >= 4 is 22.1 Å². The van der Waals surface area contributed by atoms with E-state index >= 15 is 0 Å². The van der Waals surface area contributed by atoms with Gasteiger partial charge in [-0.15, -0.1) is 0 Å². The Morgan fingerprint density at radius 2 is 2.00 bits per heavy atom. The smallest absolute Gasteiger partial charge is 0.187 e. The van der Waals surface area contributed by atoms with Crippen LogP contribution in [0.4, 0.5) is 0 Å². The highest BCUT2D eigenvalue weighted by molar-refractivity contribution is 7.79. The Morgan fingerprint density at radius 3 is 2.77 bits per heavy atom. The van der Waals surface area contributed by atoms with Crippen LogP contribution in [0.2, 0.25) is 0 Å². The van der Waals surface area contributed by atoms with Gasteiger partial charge in [-0.25, -0.2) is 14.2 Å². The van der Waals surface area contributed by atoms with E-state index < -0.39 is 11.1 Å². The fourth-order valence-electron chi connectivity index (χ4n) is 1.11. The summed E-state index contributed by atoms with van der Waals surface area (Å²) < 4.78 is 19.8. The lowest BCUT2D eigenvalue weighted by Crippen LogP contribution is -1.92. The Balaban J connectivity index is 2.83. The quantitative estimate of drug-likeness (QED) is 0.693. The Labute approximate surface area is 76.9 Å². The average Bonchev–Trinajstić information content (AvgIpc) is 2.17. The third-order valence-electron chi connectivity index (χ3n) is 1.66. The molecule has 1 unspecified atom stereocenters. The van der Waals surface area contributed by atoms with Crippen molar-refractivity contribution in [3.05, 3.63) is 30.6 Å². The van der Waals surface area contributed by atoms with Crippen LogP contribution in [-0.2, 0) is 11.1 Å². The second kappa shape index (κ2) is 3.20. The lowest BCUT2D eigenvalue weighted by Gasteiger charge is -1.99. The molecule has 0 aliphatic carbocycles. The molecule has 4 nitrogen and oxygen atoms in total. The summed E-state index contributed by atoms with van der Waals surface area (Å²) in [6, 6.07) is 4.94. The molecule has 0 aromatic carbocycles. The van der Waals surface area contributed by atoms with Gasteiger partial charge in [-0.3, -0.25) is 0 Å². The first kappa shape index (κ1) is 8.28. The van der Waals surface area contributed by atoms with E-state index in [-0.39, 0.29) is 0 Å². The molecule has 0 radical (unpaired) electrons. The number of aromatic nitrogens is 2. The molecule has 2 aromatic heterocycles. The molecule has 2 rings (SSSR count). The van der Waals surface area contributed by atoms with Crippen LogP contribution < -0.4 is 0 Å². The van der Waals surface area contributed by atoms with E-state index in [1.807, 2.05) is 0 Å². The van der Waals surface area contributed by atoms with Crippen LogP contribution in [0.3, 0.4) is 0 Å². The normalized spacial score (nSPS) is 13.0. The molecule has 66 valence electrons. The van der Waals surface area contributed by atoms with E-state index in [4.69, 9.17) is 4.55 Å². The van der Waals surface area contributed by atoms with Gasteiger partial charge in [-0.2, -0.15) is 0 Å². The van der Waals surface area contributed by atoms with Crippen molar-refractivity contribution in [2.45, 2.75) is 4.90 Å². The summed E-state index contributed by atoms with van der Waals surface area (Å²) in [7, 11) is 0. The molecule has 0 aliphatic heterocycles. The van der Waals surface area contributed by atoms with Crippen molar-refractivity contribution < 1.29 is 8.76 Å². The highest BCUT2D eigenvalue weighted by atomic mass is 32.2. The number of nitrogens with zero attached hydrogens (tertiary/aromatic N) is 2. The van der Waals surface area contributed by atoms with Gasteiger partial charge < -0.3 is 4.55 Å². The number of pyridine rings is 2. The second-order valence-electron chi connectivity index (χ2n) is 2.43. The third-order valence-corrected chi connectivity index (χ3v) is 2.40. The molecule has 5 heteroatoms. The van der Waals surface area contributed by atoms with E-state index in [9.17, 15) is 4.21 Å². The molecule has 1 atom stereocenters. The first-order valence-corrected chi connectivity index (χ1v) is 4.70. The second-order valence-corrected chi connectivity index (χ2v) is 3.37. The lowest BCUT2D eigenvalue weighted by atomic mass is 10.3. The first-order chi connectivity index (χ1) is 6.29. The van der Waals surface area contributed by atoms with Gasteiger partial charge in [0.1, 0.15) is 0 Å². The van der Waals surface area contributed by atoms with Gasteiger partial charge in [0.05, 0.1) is 4.90 Å². The predicted octanol–water partition coefficient (Wildman–Crippen LogP) is 1.21. The fourth-order valence-corrected chi connectivity index (χ4v) is 1.63. The van der Waals surface area contributed by atoms with Crippen molar-refractivity contribution in [1.82, 2.24) is 9.97 Å². The van der Waals surface area contributed by atoms with Gasteiger partial charge in [0.25, 0.3) is 0 Å². The van der Waals surface area contributed by atoms with Crippen LogP contribution in [-0.4, -0.2) is 18.7 Å². The molecule has 2 heterocycles. The van der Waals surface area contributed by atoms with Gasteiger partial charge in [0.15, 0.2) is 16.7 Å². The van der Waals surface area contributed by atoms with Crippen molar-refractivity contribution in [2.75, 3.05) is 0 Å². The standard InChI is InChI=1S/C8H6N2O2S/c11-13(12)7-3-5-10-8-6(7)2-1-4-9-8/h1-5H,(H,11,12). The van der Waals surface area contributed by atoms with Gasteiger partial charge in [-0.1, -0.05) is 0 Å². The first-order valence-electron chi connectivity index (χ1n) is 3.59. The lowest BCUT2D eigenvalue weighted by molar-refractivity contribution is 0.565. The van der Waals surface area contributed by atoms with E-state index in [1.165, 1.54) is 12.3 Å². The molecule has 0 amide bonds. The molecule has 2 aromatic rings. The summed E-state index contributed by atoms with van der Waals surface area (Å²) in [4.78, 5) is 8.28. The topological polar surface area (TPSA) is 63.1 Å². The molecule has 1 N–H and O–H groups in total. The zero-order valence-electron chi connectivity index (χ0n) is 6.54. The fraction of sp³-hybridized carbons (Fsp3) is 0. The van der Waals surface area contributed by atoms with Gasteiger partial charge in [-0.05, 0) is 18.2 Å². The molecule has 0 saturated carbocycles. The maximum absolute atomic E-state index is 10.9. The van der Waals surface area contributed by atoms with Crippen LogP contribution in [0.1, 0.15) is 0 Å². The number of hydrogen-bond acceptors (Lipinski definition) is 3. The SMILES string of the molecule is O=S(O)c1ccnc2ncccc12. The Bertz CT molecular complexity index is 467. The van der Waals surface area contributed by atoms with E-state index in [2.05, 4.69) is 9.97 Å². The molecular formula is C8H6N2O2S. The summed E-state index contributed by atoms with van der Waals surface area (Å²) in [5.41, 5.74) is 0.488. The van der Waals surface area contributed by atoms with E-state index in [0.717, 1.165) is 0 Å². The summed E-state index contributed by atoms with van der Waals surface area (Å²) in [6.45, 7) is 0. The molecule has 13 heavy (non-hydrogen) atoms.